The molecule has 0 fully saturated rings. The highest BCUT2D eigenvalue weighted by Gasteiger charge is 2.22. The Morgan fingerprint density at radius 2 is 2.05 bits per heavy atom. The summed E-state index contributed by atoms with van der Waals surface area (Å²) in [6.45, 7) is 0. The van der Waals surface area contributed by atoms with Crippen LogP contribution >= 0.6 is 15.9 Å². The van der Waals surface area contributed by atoms with Crippen molar-refractivity contribution in [3.05, 3.63) is 46.0 Å². The van der Waals surface area contributed by atoms with Crippen molar-refractivity contribution in [2.75, 3.05) is 0 Å². The van der Waals surface area contributed by atoms with Crippen molar-refractivity contribution >= 4 is 15.9 Å². The molecule has 0 radical (unpaired) electrons. The molecular weight excluding hydrogens is 302 g/mol. The van der Waals surface area contributed by atoms with E-state index in [9.17, 15) is 0 Å². The van der Waals surface area contributed by atoms with E-state index in [1.165, 1.54) is 10.1 Å². The van der Waals surface area contributed by atoms with Gasteiger partial charge in [0.05, 0.1) is 12.0 Å². The maximum Gasteiger partial charge on any atom is 0.0700 e. The highest BCUT2D eigenvalue weighted by atomic mass is 79.9. The van der Waals surface area contributed by atoms with Gasteiger partial charge in [-0.25, -0.2) is 0 Å². The highest BCUT2D eigenvalue weighted by Crippen LogP contribution is 2.27. The Morgan fingerprint density at radius 3 is 2.58 bits per heavy atom. The Morgan fingerprint density at radius 1 is 1.26 bits per heavy atom. The van der Waals surface area contributed by atoms with Gasteiger partial charge >= 0.3 is 0 Å². The predicted molar refractivity (Wildman–Crippen MR) is 81.2 cm³/mol. The molecule has 0 heterocycles. The van der Waals surface area contributed by atoms with Crippen LogP contribution in [0, 0.1) is 17.2 Å². The van der Waals surface area contributed by atoms with E-state index < -0.39 is 0 Å². The Hall–Kier alpha value is -1.15. The van der Waals surface area contributed by atoms with Crippen LogP contribution in [0.5, 0.6) is 0 Å². The maximum atomic E-state index is 8.85. The fourth-order valence-electron chi connectivity index (χ4n) is 2.32. The van der Waals surface area contributed by atoms with Gasteiger partial charge in [0.25, 0.3) is 0 Å². The third-order valence-electron chi connectivity index (χ3n) is 3.62. The number of nitriles is 1. The quantitative estimate of drug-likeness (QED) is 0.839. The number of allylic oxidation sites excluding steroid dienone is 5. The van der Waals surface area contributed by atoms with E-state index in [-0.39, 0.29) is 18.0 Å². The minimum absolute atomic E-state index is 0.0278. The zero-order valence-electron chi connectivity index (χ0n) is 10.7. The van der Waals surface area contributed by atoms with Gasteiger partial charge in [-0.05, 0) is 29.3 Å². The summed E-state index contributed by atoms with van der Waals surface area (Å²) < 4.78 is 1.20. The minimum Gasteiger partial charge on any atom is -0.323 e. The minimum atomic E-state index is -0.201. The molecule has 0 saturated carbocycles. The van der Waals surface area contributed by atoms with Gasteiger partial charge in [0, 0.05) is 12.1 Å². The topological polar surface area (TPSA) is 75.8 Å². The molecule has 3 unspecified atom stereocenters. The lowest BCUT2D eigenvalue weighted by Crippen LogP contribution is -2.44. The van der Waals surface area contributed by atoms with E-state index in [4.69, 9.17) is 16.7 Å². The van der Waals surface area contributed by atoms with Crippen molar-refractivity contribution < 1.29 is 0 Å². The predicted octanol–water partition coefficient (Wildman–Crippen LogP) is 2.67. The lowest BCUT2D eigenvalue weighted by molar-refractivity contribution is 0.621. The number of hydrogen-bond acceptors (Lipinski definition) is 3. The average Bonchev–Trinajstić information content (AvgIpc) is 2.46. The van der Waals surface area contributed by atoms with Crippen LogP contribution in [-0.2, 0) is 0 Å². The van der Waals surface area contributed by atoms with Crippen LogP contribution in [0.4, 0.5) is 0 Å². The number of nitrogens with zero attached hydrogens (tertiary/aromatic N) is 1. The molecule has 0 amide bonds. The molecule has 0 aromatic heterocycles. The molecule has 0 aromatic carbocycles. The summed E-state index contributed by atoms with van der Waals surface area (Å²) in [5.41, 5.74) is 14.7. The van der Waals surface area contributed by atoms with Gasteiger partial charge < -0.3 is 11.5 Å². The fraction of sp³-hybridized carbons (Fsp3) is 0.400. The lowest BCUT2D eigenvalue weighted by atomic mass is 9.86. The van der Waals surface area contributed by atoms with E-state index >= 15 is 0 Å². The number of rotatable bonds is 3. The van der Waals surface area contributed by atoms with Crippen LogP contribution in [-0.4, -0.2) is 12.1 Å². The highest BCUT2D eigenvalue weighted by molar-refractivity contribution is 9.11. The van der Waals surface area contributed by atoms with Gasteiger partial charge in [-0.2, -0.15) is 5.26 Å². The summed E-state index contributed by atoms with van der Waals surface area (Å²) in [6, 6.07) is 1.87. The van der Waals surface area contributed by atoms with E-state index in [2.05, 4.69) is 28.1 Å². The normalized spacial score (nSPS) is 25.8. The molecule has 100 valence electrons. The summed E-state index contributed by atoms with van der Waals surface area (Å²) in [5, 5.41) is 8.85. The van der Waals surface area contributed by atoms with Crippen LogP contribution in [0.15, 0.2) is 46.0 Å². The molecule has 3 atom stereocenters. The first-order valence-electron chi connectivity index (χ1n) is 6.46. The van der Waals surface area contributed by atoms with Crippen LogP contribution in [0.1, 0.15) is 19.3 Å². The second-order valence-electron chi connectivity index (χ2n) is 4.94. The zero-order chi connectivity index (χ0) is 13.8. The molecule has 0 saturated heterocycles. The number of halogens is 1. The third kappa shape index (κ3) is 3.44. The molecule has 2 aliphatic rings. The van der Waals surface area contributed by atoms with Gasteiger partial charge in [-0.3, -0.25) is 0 Å². The average molecular weight is 320 g/mol. The van der Waals surface area contributed by atoms with Crippen molar-refractivity contribution in [2.45, 2.75) is 31.3 Å². The van der Waals surface area contributed by atoms with Crippen LogP contribution in [0.2, 0.25) is 0 Å². The molecule has 2 rings (SSSR count). The summed E-state index contributed by atoms with van der Waals surface area (Å²) >= 11 is 3.48. The van der Waals surface area contributed by atoms with Gasteiger partial charge in [0.1, 0.15) is 0 Å². The molecule has 0 aromatic rings. The Kier molecular flexibility index (Phi) is 4.76. The summed E-state index contributed by atoms with van der Waals surface area (Å²) in [5.74, 6) is -0.0278. The van der Waals surface area contributed by atoms with Gasteiger partial charge in [0.2, 0.25) is 0 Å². The van der Waals surface area contributed by atoms with Crippen molar-refractivity contribution in [1.29, 1.82) is 5.26 Å². The SMILES string of the molecule is N#CC1C=CC(C(N)C(N)C2=CC=C(Br)CC2)=CC1. The van der Waals surface area contributed by atoms with Crippen LogP contribution in [0.25, 0.3) is 0 Å². The molecule has 0 bridgehead atoms. The summed E-state index contributed by atoms with van der Waals surface area (Å²) in [6.07, 6.45) is 12.7. The summed E-state index contributed by atoms with van der Waals surface area (Å²) in [7, 11) is 0. The molecule has 0 aliphatic heterocycles. The number of nitrogens with two attached hydrogens (primary N) is 2. The smallest absolute Gasteiger partial charge is 0.0700 e. The second-order valence-corrected chi connectivity index (χ2v) is 5.96. The number of hydrogen-bond donors (Lipinski definition) is 2. The van der Waals surface area contributed by atoms with Crippen molar-refractivity contribution in [3.63, 3.8) is 0 Å². The summed E-state index contributed by atoms with van der Waals surface area (Å²) in [4.78, 5) is 0. The first-order valence-corrected chi connectivity index (χ1v) is 7.25. The fourth-order valence-corrected chi connectivity index (χ4v) is 2.65. The van der Waals surface area contributed by atoms with E-state index in [1.807, 2.05) is 24.3 Å². The third-order valence-corrected chi connectivity index (χ3v) is 4.29. The zero-order valence-corrected chi connectivity index (χ0v) is 12.3. The standard InChI is InChI=1S/C15H18BrN3/c16-13-7-5-12(6-8-13)15(19)14(18)11-3-1-10(9-17)2-4-11/h1,3-5,7,10,14-15H,2,6,8,18-19H2. The largest absolute Gasteiger partial charge is 0.323 e. The Balaban J connectivity index is 2.05. The van der Waals surface area contributed by atoms with Crippen molar-refractivity contribution in [2.24, 2.45) is 17.4 Å². The first kappa shape index (κ1) is 14.3. The van der Waals surface area contributed by atoms with E-state index in [1.54, 1.807) is 0 Å². The van der Waals surface area contributed by atoms with Gasteiger partial charge in [-0.15, -0.1) is 0 Å². The van der Waals surface area contributed by atoms with Crippen molar-refractivity contribution in [1.82, 2.24) is 0 Å². The van der Waals surface area contributed by atoms with E-state index in [0.717, 1.165) is 24.8 Å². The van der Waals surface area contributed by atoms with Crippen LogP contribution < -0.4 is 11.5 Å². The molecule has 2 aliphatic carbocycles. The lowest BCUT2D eigenvalue weighted by Gasteiger charge is -2.26. The molecular formula is C15H18BrN3. The Bertz CT molecular complexity index is 508. The second kappa shape index (κ2) is 6.33. The van der Waals surface area contributed by atoms with E-state index in [0.29, 0.717) is 0 Å². The maximum absolute atomic E-state index is 8.85. The Labute approximate surface area is 122 Å². The van der Waals surface area contributed by atoms with Crippen LogP contribution in [0.3, 0.4) is 0 Å². The molecule has 3 nitrogen and oxygen atoms in total. The molecule has 19 heavy (non-hydrogen) atoms. The van der Waals surface area contributed by atoms with Gasteiger partial charge in [0.15, 0.2) is 0 Å². The van der Waals surface area contributed by atoms with Gasteiger partial charge in [-0.1, -0.05) is 51.9 Å². The molecule has 4 N–H and O–H groups in total. The van der Waals surface area contributed by atoms with Crippen molar-refractivity contribution in [3.8, 4) is 6.07 Å². The molecule has 4 heteroatoms. The molecule has 0 spiro atoms. The monoisotopic (exact) mass is 319 g/mol. The first-order chi connectivity index (χ1) is 9.11.